The fraction of sp³-hybridized carbons (Fsp3) is 0.250. The second-order valence-electron chi connectivity index (χ2n) is 4.85. The van der Waals surface area contributed by atoms with Gasteiger partial charge in [0.25, 0.3) is 0 Å². The molecule has 96 valence electrons. The second kappa shape index (κ2) is 4.84. The van der Waals surface area contributed by atoms with Crippen LogP contribution in [0.25, 0.3) is 0 Å². The van der Waals surface area contributed by atoms with E-state index in [4.69, 9.17) is 4.74 Å². The SMILES string of the molecule is COc1cncc(C(=O)C2Cc3ccccc3C2)c1. The highest BCUT2D eigenvalue weighted by Gasteiger charge is 2.28. The monoisotopic (exact) mass is 253 g/mol. The molecule has 1 heterocycles. The Morgan fingerprint density at radius 2 is 1.89 bits per heavy atom. The summed E-state index contributed by atoms with van der Waals surface area (Å²) in [5.41, 5.74) is 3.21. The highest BCUT2D eigenvalue weighted by molar-refractivity contribution is 5.98. The molecule has 0 N–H and O–H groups in total. The smallest absolute Gasteiger partial charge is 0.168 e. The summed E-state index contributed by atoms with van der Waals surface area (Å²) in [5.74, 6) is 0.815. The van der Waals surface area contributed by atoms with Crippen LogP contribution in [0.3, 0.4) is 0 Å². The molecular formula is C16H15NO2. The molecule has 0 bridgehead atoms. The van der Waals surface area contributed by atoms with Crippen LogP contribution in [-0.4, -0.2) is 17.9 Å². The Balaban J connectivity index is 1.83. The van der Waals surface area contributed by atoms with Crippen LogP contribution < -0.4 is 4.74 Å². The number of fused-ring (bicyclic) bond motifs is 1. The van der Waals surface area contributed by atoms with E-state index in [0.29, 0.717) is 11.3 Å². The quantitative estimate of drug-likeness (QED) is 0.789. The molecule has 1 aliphatic rings. The largest absolute Gasteiger partial charge is 0.495 e. The number of carbonyl (C=O) groups excluding carboxylic acids is 1. The van der Waals surface area contributed by atoms with Crippen molar-refractivity contribution < 1.29 is 9.53 Å². The summed E-state index contributed by atoms with van der Waals surface area (Å²) in [6.45, 7) is 0. The first-order chi connectivity index (χ1) is 9.28. The van der Waals surface area contributed by atoms with Gasteiger partial charge < -0.3 is 4.74 Å². The lowest BCUT2D eigenvalue weighted by Crippen LogP contribution is -2.15. The fourth-order valence-corrected chi connectivity index (χ4v) is 2.65. The number of ether oxygens (including phenoxy) is 1. The number of benzene rings is 1. The van der Waals surface area contributed by atoms with Gasteiger partial charge in [-0.1, -0.05) is 24.3 Å². The van der Waals surface area contributed by atoms with Crippen molar-refractivity contribution in [1.82, 2.24) is 4.98 Å². The number of Topliss-reactive ketones (excluding diaryl/α,β-unsaturated/α-hetero) is 1. The van der Waals surface area contributed by atoms with E-state index < -0.39 is 0 Å². The third kappa shape index (κ3) is 2.24. The minimum Gasteiger partial charge on any atom is -0.495 e. The maximum atomic E-state index is 12.5. The van der Waals surface area contributed by atoms with Crippen LogP contribution in [0.15, 0.2) is 42.7 Å². The van der Waals surface area contributed by atoms with Crippen LogP contribution in [-0.2, 0) is 12.8 Å². The second-order valence-corrected chi connectivity index (χ2v) is 4.85. The Hall–Kier alpha value is -2.16. The van der Waals surface area contributed by atoms with Gasteiger partial charge in [0.1, 0.15) is 5.75 Å². The molecule has 0 amide bonds. The van der Waals surface area contributed by atoms with E-state index >= 15 is 0 Å². The van der Waals surface area contributed by atoms with Gasteiger partial charge in [0, 0.05) is 17.7 Å². The van der Waals surface area contributed by atoms with Crippen molar-refractivity contribution in [3.8, 4) is 5.75 Å². The van der Waals surface area contributed by atoms with Gasteiger partial charge in [-0.15, -0.1) is 0 Å². The summed E-state index contributed by atoms with van der Waals surface area (Å²) in [7, 11) is 1.58. The lowest BCUT2D eigenvalue weighted by molar-refractivity contribution is 0.0924. The normalized spacial score (nSPS) is 14.2. The van der Waals surface area contributed by atoms with Crippen LogP contribution in [0.2, 0.25) is 0 Å². The Morgan fingerprint density at radius 1 is 1.21 bits per heavy atom. The van der Waals surface area contributed by atoms with Crippen LogP contribution in [0, 0.1) is 5.92 Å². The summed E-state index contributed by atoms with van der Waals surface area (Å²) in [4.78, 5) is 16.5. The molecule has 1 aromatic heterocycles. The Bertz CT molecular complexity index is 597. The molecule has 3 rings (SSSR count). The maximum absolute atomic E-state index is 12.5. The minimum absolute atomic E-state index is 0.0336. The minimum atomic E-state index is 0.0336. The molecule has 3 heteroatoms. The van der Waals surface area contributed by atoms with Crippen LogP contribution in [0.4, 0.5) is 0 Å². The van der Waals surface area contributed by atoms with Gasteiger partial charge in [-0.2, -0.15) is 0 Å². The van der Waals surface area contributed by atoms with Gasteiger partial charge >= 0.3 is 0 Å². The van der Waals surface area contributed by atoms with E-state index in [1.807, 2.05) is 12.1 Å². The summed E-state index contributed by atoms with van der Waals surface area (Å²) in [6, 6.07) is 10.0. The van der Waals surface area contributed by atoms with Gasteiger partial charge in [0.05, 0.1) is 13.3 Å². The van der Waals surface area contributed by atoms with Crippen molar-refractivity contribution in [2.24, 2.45) is 5.92 Å². The number of rotatable bonds is 3. The van der Waals surface area contributed by atoms with Crippen LogP contribution in [0.5, 0.6) is 5.75 Å². The summed E-state index contributed by atoms with van der Waals surface area (Å²) in [6.07, 6.45) is 4.88. The molecule has 0 spiro atoms. The molecule has 3 nitrogen and oxygen atoms in total. The summed E-state index contributed by atoms with van der Waals surface area (Å²) in [5, 5.41) is 0. The van der Waals surface area contributed by atoms with E-state index in [9.17, 15) is 4.79 Å². The topological polar surface area (TPSA) is 39.2 Å². The Kier molecular flexibility index (Phi) is 3.03. The number of hydrogen-bond donors (Lipinski definition) is 0. The predicted molar refractivity (Wildman–Crippen MR) is 72.5 cm³/mol. The molecule has 0 saturated heterocycles. The average Bonchev–Trinajstić information content (AvgIpc) is 2.90. The van der Waals surface area contributed by atoms with Crippen molar-refractivity contribution >= 4 is 5.78 Å². The first-order valence-electron chi connectivity index (χ1n) is 6.38. The Labute approximate surface area is 112 Å². The standard InChI is InChI=1S/C16H15NO2/c1-19-15-8-14(9-17-10-15)16(18)13-6-11-4-2-3-5-12(11)7-13/h2-5,8-10,13H,6-7H2,1H3. The zero-order valence-corrected chi connectivity index (χ0v) is 10.8. The number of aromatic nitrogens is 1. The average molecular weight is 253 g/mol. The number of methoxy groups -OCH3 is 1. The summed E-state index contributed by atoms with van der Waals surface area (Å²) >= 11 is 0. The highest BCUT2D eigenvalue weighted by Crippen LogP contribution is 2.29. The van der Waals surface area contributed by atoms with Gasteiger partial charge in [-0.3, -0.25) is 9.78 Å². The van der Waals surface area contributed by atoms with E-state index in [2.05, 4.69) is 17.1 Å². The predicted octanol–water partition coefficient (Wildman–Crippen LogP) is 2.69. The molecule has 19 heavy (non-hydrogen) atoms. The van der Waals surface area contributed by atoms with E-state index in [1.165, 1.54) is 11.1 Å². The molecular weight excluding hydrogens is 238 g/mol. The zero-order chi connectivity index (χ0) is 13.2. The van der Waals surface area contributed by atoms with Crippen molar-refractivity contribution in [3.05, 3.63) is 59.4 Å². The van der Waals surface area contributed by atoms with E-state index in [1.54, 1.807) is 25.6 Å². The van der Waals surface area contributed by atoms with Gasteiger partial charge in [-0.25, -0.2) is 0 Å². The maximum Gasteiger partial charge on any atom is 0.168 e. The molecule has 0 saturated carbocycles. The molecule has 0 atom stereocenters. The lowest BCUT2D eigenvalue weighted by Gasteiger charge is -2.08. The summed E-state index contributed by atoms with van der Waals surface area (Å²) < 4.78 is 5.11. The first kappa shape index (κ1) is 11.9. The molecule has 0 radical (unpaired) electrons. The highest BCUT2D eigenvalue weighted by atomic mass is 16.5. The third-order valence-corrected chi connectivity index (χ3v) is 3.66. The van der Waals surface area contributed by atoms with Gasteiger partial charge in [-0.05, 0) is 30.0 Å². The van der Waals surface area contributed by atoms with Crippen LogP contribution >= 0.6 is 0 Å². The number of nitrogens with zero attached hydrogens (tertiary/aromatic N) is 1. The van der Waals surface area contributed by atoms with Crippen molar-refractivity contribution in [2.45, 2.75) is 12.8 Å². The number of ketones is 1. The molecule has 0 fully saturated rings. The van der Waals surface area contributed by atoms with E-state index in [-0.39, 0.29) is 11.7 Å². The first-order valence-corrected chi connectivity index (χ1v) is 6.38. The van der Waals surface area contributed by atoms with Crippen molar-refractivity contribution in [2.75, 3.05) is 7.11 Å². The third-order valence-electron chi connectivity index (χ3n) is 3.66. The molecule has 1 aliphatic carbocycles. The Morgan fingerprint density at radius 3 is 2.53 bits per heavy atom. The number of carbonyl (C=O) groups is 1. The zero-order valence-electron chi connectivity index (χ0n) is 10.8. The van der Waals surface area contributed by atoms with E-state index in [0.717, 1.165) is 12.8 Å². The molecule has 2 aromatic rings. The fourth-order valence-electron chi connectivity index (χ4n) is 2.65. The van der Waals surface area contributed by atoms with Gasteiger partial charge in [0.2, 0.25) is 0 Å². The number of pyridine rings is 1. The van der Waals surface area contributed by atoms with Crippen LogP contribution in [0.1, 0.15) is 21.5 Å². The number of hydrogen-bond acceptors (Lipinski definition) is 3. The molecule has 0 aliphatic heterocycles. The van der Waals surface area contributed by atoms with Crippen molar-refractivity contribution in [3.63, 3.8) is 0 Å². The van der Waals surface area contributed by atoms with Crippen molar-refractivity contribution in [1.29, 1.82) is 0 Å². The molecule has 0 unspecified atom stereocenters. The van der Waals surface area contributed by atoms with Gasteiger partial charge in [0.15, 0.2) is 5.78 Å². The molecule has 1 aromatic carbocycles. The lowest BCUT2D eigenvalue weighted by atomic mass is 9.96.